The number of likely N-dealkylation sites (tertiary alicyclic amines) is 1. The minimum absolute atomic E-state index is 0.310. The van der Waals surface area contributed by atoms with E-state index in [1.54, 1.807) is 24.4 Å². The predicted octanol–water partition coefficient (Wildman–Crippen LogP) is 5.46. The highest BCUT2D eigenvalue weighted by Crippen LogP contribution is 2.35. The number of nitrogens with zero attached hydrogens (tertiary/aromatic N) is 4. The molecule has 1 atom stereocenters. The number of hydrogen-bond donors (Lipinski definition) is 2. The molecule has 10 heteroatoms. The summed E-state index contributed by atoms with van der Waals surface area (Å²) in [4.78, 5) is 27.6. The Hall–Kier alpha value is -4.21. The molecular weight excluding hydrogens is 516 g/mol. The molecule has 5 rings (SSSR count). The van der Waals surface area contributed by atoms with Gasteiger partial charge in [-0.2, -0.15) is 0 Å². The first-order chi connectivity index (χ1) is 19.0. The number of anilines is 3. The van der Waals surface area contributed by atoms with Crippen LogP contribution in [0.15, 0.2) is 73.7 Å². The summed E-state index contributed by atoms with van der Waals surface area (Å²) in [6.45, 7) is 6.46. The number of pyridine rings is 1. The van der Waals surface area contributed by atoms with Crippen LogP contribution in [0.5, 0.6) is 11.5 Å². The second-order valence-corrected chi connectivity index (χ2v) is 9.80. The molecule has 4 aromatic rings. The number of halogens is 1. The molecule has 1 unspecified atom stereocenters. The molecule has 1 aliphatic heterocycles. The van der Waals surface area contributed by atoms with E-state index in [4.69, 9.17) is 21.1 Å². The molecule has 1 aliphatic rings. The minimum atomic E-state index is -0.334. The first kappa shape index (κ1) is 26.4. The average molecular weight is 545 g/mol. The highest BCUT2D eigenvalue weighted by atomic mass is 35.5. The average Bonchev–Trinajstić information content (AvgIpc) is 3.37. The Bertz CT molecular complexity index is 1480. The van der Waals surface area contributed by atoms with Gasteiger partial charge in [-0.05, 0) is 62.5 Å². The standard InChI is InChI=1S/C29H29ClN6O3/c1-3-28(37)35-25-13-22-24(14-27(25)38-16-19-9-11-36(2)15-19)32-18-33-29(22)34-20-7-8-26(23(30)12-20)39-17-21-6-4-5-10-31-21/h3-8,10,12-14,18-19H,1,9,11,15-17H2,2H3,(H,35,37)(H,32,33,34). The molecule has 2 aromatic heterocycles. The van der Waals surface area contributed by atoms with Crippen molar-refractivity contribution in [1.82, 2.24) is 19.9 Å². The smallest absolute Gasteiger partial charge is 0.247 e. The van der Waals surface area contributed by atoms with Gasteiger partial charge in [0.2, 0.25) is 5.91 Å². The van der Waals surface area contributed by atoms with Crippen molar-refractivity contribution in [3.8, 4) is 11.5 Å². The maximum atomic E-state index is 12.2. The van der Waals surface area contributed by atoms with Crippen molar-refractivity contribution >= 4 is 45.6 Å². The number of ether oxygens (including phenoxy) is 2. The summed E-state index contributed by atoms with van der Waals surface area (Å²) >= 11 is 6.50. The monoisotopic (exact) mass is 544 g/mol. The second-order valence-electron chi connectivity index (χ2n) is 9.39. The van der Waals surface area contributed by atoms with E-state index < -0.39 is 0 Å². The highest BCUT2D eigenvalue weighted by Gasteiger charge is 2.21. The quantitative estimate of drug-likeness (QED) is 0.254. The number of amides is 1. The van der Waals surface area contributed by atoms with Crippen molar-refractivity contribution in [3.05, 3.63) is 84.4 Å². The van der Waals surface area contributed by atoms with Crippen molar-refractivity contribution in [2.45, 2.75) is 13.0 Å². The molecule has 0 spiro atoms. The van der Waals surface area contributed by atoms with Crippen LogP contribution in [0.25, 0.3) is 10.9 Å². The van der Waals surface area contributed by atoms with E-state index in [1.807, 2.05) is 30.3 Å². The van der Waals surface area contributed by atoms with Gasteiger partial charge in [-0.1, -0.05) is 24.2 Å². The lowest BCUT2D eigenvalue weighted by molar-refractivity contribution is -0.111. The van der Waals surface area contributed by atoms with Crippen molar-refractivity contribution in [2.24, 2.45) is 5.92 Å². The molecule has 0 saturated carbocycles. The van der Waals surface area contributed by atoms with Gasteiger partial charge < -0.3 is 25.0 Å². The SMILES string of the molecule is C=CC(=O)Nc1cc2c(Nc3ccc(OCc4ccccn4)c(Cl)c3)ncnc2cc1OCC1CCN(C)C1. The van der Waals surface area contributed by atoms with E-state index in [9.17, 15) is 4.79 Å². The maximum absolute atomic E-state index is 12.2. The largest absolute Gasteiger partial charge is 0.491 e. The van der Waals surface area contributed by atoms with Gasteiger partial charge in [0.15, 0.2) is 0 Å². The molecule has 3 heterocycles. The summed E-state index contributed by atoms with van der Waals surface area (Å²) in [6.07, 6.45) is 5.50. The first-order valence-corrected chi connectivity index (χ1v) is 13.0. The lowest BCUT2D eigenvalue weighted by Crippen LogP contribution is -2.18. The van der Waals surface area contributed by atoms with E-state index in [0.29, 0.717) is 63.7 Å². The Morgan fingerprint density at radius 1 is 1.15 bits per heavy atom. The van der Waals surface area contributed by atoms with Crippen LogP contribution in [-0.4, -0.2) is 52.5 Å². The van der Waals surface area contributed by atoms with Gasteiger partial charge in [-0.15, -0.1) is 0 Å². The molecule has 1 amide bonds. The van der Waals surface area contributed by atoms with E-state index in [0.717, 1.165) is 25.2 Å². The number of benzene rings is 2. The molecule has 0 aliphatic carbocycles. The zero-order valence-electron chi connectivity index (χ0n) is 21.6. The fourth-order valence-electron chi connectivity index (χ4n) is 4.42. The zero-order chi connectivity index (χ0) is 27.2. The van der Waals surface area contributed by atoms with Gasteiger partial charge in [0.1, 0.15) is 30.3 Å². The Balaban J connectivity index is 1.37. The summed E-state index contributed by atoms with van der Waals surface area (Å²) in [7, 11) is 2.10. The number of fused-ring (bicyclic) bond motifs is 1. The van der Waals surface area contributed by atoms with Crippen molar-refractivity contribution in [1.29, 1.82) is 0 Å². The number of nitrogens with one attached hydrogen (secondary N) is 2. The molecule has 2 N–H and O–H groups in total. The summed E-state index contributed by atoms with van der Waals surface area (Å²) < 4.78 is 12.0. The van der Waals surface area contributed by atoms with Crippen LogP contribution >= 0.6 is 11.6 Å². The van der Waals surface area contributed by atoms with Crippen molar-refractivity contribution < 1.29 is 14.3 Å². The Kier molecular flexibility index (Phi) is 8.19. The third-order valence-electron chi connectivity index (χ3n) is 6.44. The van der Waals surface area contributed by atoms with Crippen LogP contribution in [0.3, 0.4) is 0 Å². The van der Waals surface area contributed by atoms with Gasteiger partial charge >= 0.3 is 0 Å². The fourth-order valence-corrected chi connectivity index (χ4v) is 4.66. The normalized spacial score (nSPS) is 15.2. The Morgan fingerprint density at radius 2 is 2.05 bits per heavy atom. The molecule has 9 nitrogen and oxygen atoms in total. The van der Waals surface area contributed by atoms with Gasteiger partial charge in [0.25, 0.3) is 0 Å². The minimum Gasteiger partial charge on any atom is -0.491 e. The number of hydrogen-bond acceptors (Lipinski definition) is 8. The lowest BCUT2D eigenvalue weighted by Gasteiger charge is -2.17. The van der Waals surface area contributed by atoms with Gasteiger partial charge in [0, 0.05) is 35.8 Å². The Labute approximate surface area is 231 Å². The van der Waals surface area contributed by atoms with E-state index in [2.05, 4.69) is 44.1 Å². The summed E-state index contributed by atoms with van der Waals surface area (Å²) in [5.41, 5.74) is 2.71. The molecule has 1 saturated heterocycles. The summed E-state index contributed by atoms with van der Waals surface area (Å²) in [6, 6.07) is 14.7. The van der Waals surface area contributed by atoms with Crippen molar-refractivity contribution in [2.75, 3.05) is 37.4 Å². The third kappa shape index (κ3) is 6.63. The Morgan fingerprint density at radius 3 is 2.79 bits per heavy atom. The van der Waals surface area contributed by atoms with Gasteiger partial charge in [-0.3, -0.25) is 9.78 Å². The van der Waals surface area contributed by atoms with Crippen LogP contribution in [0.2, 0.25) is 5.02 Å². The lowest BCUT2D eigenvalue weighted by atomic mass is 10.1. The van der Waals surface area contributed by atoms with Crippen LogP contribution in [0.4, 0.5) is 17.2 Å². The molecule has 0 bridgehead atoms. The van der Waals surface area contributed by atoms with E-state index >= 15 is 0 Å². The number of aromatic nitrogens is 3. The van der Waals surface area contributed by atoms with E-state index in [-0.39, 0.29) is 5.91 Å². The van der Waals surface area contributed by atoms with E-state index in [1.165, 1.54) is 12.4 Å². The van der Waals surface area contributed by atoms with Crippen LogP contribution < -0.4 is 20.1 Å². The molecular formula is C29H29ClN6O3. The number of carbonyl (C=O) groups is 1. The molecule has 39 heavy (non-hydrogen) atoms. The highest BCUT2D eigenvalue weighted by molar-refractivity contribution is 6.32. The molecule has 2 aromatic carbocycles. The van der Waals surface area contributed by atoms with Gasteiger partial charge in [-0.25, -0.2) is 9.97 Å². The molecule has 0 radical (unpaired) electrons. The summed E-state index contributed by atoms with van der Waals surface area (Å²) in [5, 5.41) is 7.31. The third-order valence-corrected chi connectivity index (χ3v) is 6.74. The first-order valence-electron chi connectivity index (χ1n) is 12.6. The predicted molar refractivity (Wildman–Crippen MR) is 153 cm³/mol. The zero-order valence-corrected chi connectivity index (χ0v) is 22.3. The number of carbonyl (C=O) groups excluding carboxylic acids is 1. The van der Waals surface area contributed by atoms with Gasteiger partial charge in [0.05, 0.1) is 28.5 Å². The fraction of sp³-hybridized carbons (Fsp3) is 0.241. The van der Waals surface area contributed by atoms with Crippen LogP contribution in [0, 0.1) is 5.92 Å². The molecule has 200 valence electrons. The van der Waals surface area contributed by atoms with Crippen molar-refractivity contribution in [3.63, 3.8) is 0 Å². The number of rotatable bonds is 10. The summed E-state index contributed by atoms with van der Waals surface area (Å²) in [5.74, 6) is 1.74. The molecule has 1 fully saturated rings. The second kappa shape index (κ2) is 12.1. The topological polar surface area (TPSA) is 102 Å². The van der Waals surface area contributed by atoms with Crippen LogP contribution in [-0.2, 0) is 11.4 Å². The maximum Gasteiger partial charge on any atom is 0.247 e. The van der Waals surface area contributed by atoms with Crippen LogP contribution in [0.1, 0.15) is 12.1 Å².